The lowest BCUT2D eigenvalue weighted by Gasteiger charge is -2.07. The van der Waals surface area contributed by atoms with E-state index in [1.165, 1.54) is 64.2 Å². The van der Waals surface area contributed by atoms with Crippen LogP contribution < -0.4 is 9.47 Å². The van der Waals surface area contributed by atoms with E-state index in [9.17, 15) is 4.79 Å². The molecule has 1 aliphatic carbocycles. The molecule has 2 aromatic rings. The molecular weight excluding hydrogens is 412 g/mol. The molecule has 1 heterocycles. The Morgan fingerprint density at radius 1 is 0.848 bits per heavy atom. The van der Waals surface area contributed by atoms with Crippen LogP contribution in [0.4, 0.5) is 0 Å². The highest BCUT2D eigenvalue weighted by atomic mass is 16.5. The molecule has 3 rings (SSSR count). The van der Waals surface area contributed by atoms with Gasteiger partial charge in [-0.15, -0.1) is 0 Å². The normalized spacial score (nSPS) is 13.1. The van der Waals surface area contributed by atoms with Crippen LogP contribution in [0.15, 0.2) is 36.7 Å². The molecule has 0 atom stereocenters. The minimum Gasteiger partial charge on any atom is -0.490 e. The number of unbranched alkanes of at least 4 members (excludes halogenated alkanes) is 8. The van der Waals surface area contributed by atoms with Crippen molar-refractivity contribution in [3.8, 4) is 22.9 Å². The summed E-state index contributed by atoms with van der Waals surface area (Å²) in [6.07, 6.45) is 20.1. The molecule has 0 spiro atoms. The average molecular weight is 453 g/mol. The third-order valence-corrected chi connectivity index (χ3v) is 6.18. The molecule has 5 heteroatoms. The Morgan fingerprint density at radius 2 is 1.52 bits per heavy atom. The van der Waals surface area contributed by atoms with E-state index in [2.05, 4.69) is 16.9 Å². The van der Waals surface area contributed by atoms with Crippen LogP contribution >= 0.6 is 0 Å². The summed E-state index contributed by atoms with van der Waals surface area (Å²) in [6.45, 7) is 2.94. The number of benzene rings is 1. The number of esters is 1. The molecule has 5 nitrogen and oxygen atoms in total. The monoisotopic (exact) mass is 452 g/mol. The van der Waals surface area contributed by atoms with Gasteiger partial charge in [-0.2, -0.15) is 0 Å². The van der Waals surface area contributed by atoms with Crippen LogP contribution in [-0.4, -0.2) is 22.5 Å². The second-order valence-electron chi connectivity index (χ2n) is 9.25. The van der Waals surface area contributed by atoms with Crippen molar-refractivity contribution in [1.82, 2.24) is 9.97 Å². The lowest BCUT2D eigenvalue weighted by molar-refractivity contribution is -0.134. The topological polar surface area (TPSA) is 61.3 Å². The van der Waals surface area contributed by atoms with E-state index in [0.29, 0.717) is 30.4 Å². The number of ether oxygens (including phenoxy) is 2. The van der Waals surface area contributed by atoms with Crippen LogP contribution in [0.1, 0.15) is 96.8 Å². The van der Waals surface area contributed by atoms with E-state index in [4.69, 9.17) is 9.47 Å². The van der Waals surface area contributed by atoms with Crippen molar-refractivity contribution in [1.29, 1.82) is 0 Å². The molecule has 0 N–H and O–H groups in total. The van der Waals surface area contributed by atoms with Gasteiger partial charge in [0.2, 0.25) is 0 Å². The summed E-state index contributed by atoms with van der Waals surface area (Å²) in [5.41, 5.74) is 0.882. The van der Waals surface area contributed by atoms with E-state index >= 15 is 0 Å². The molecule has 0 radical (unpaired) electrons. The molecule has 33 heavy (non-hydrogen) atoms. The van der Waals surface area contributed by atoms with Gasteiger partial charge < -0.3 is 9.47 Å². The molecule has 1 saturated carbocycles. The summed E-state index contributed by atoms with van der Waals surface area (Å²) < 4.78 is 11.2. The van der Waals surface area contributed by atoms with E-state index in [-0.39, 0.29) is 5.97 Å². The number of aromatic nitrogens is 2. The lowest BCUT2D eigenvalue weighted by atomic mass is 10.1. The molecule has 0 amide bonds. The highest BCUT2D eigenvalue weighted by Crippen LogP contribution is 2.34. The van der Waals surface area contributed by atoms with Gasteiger partial charge in [-0.3, -0.25) is 4.79 Å². The molecular formula is C28H40N2O3. The summed E-state index contributed by atoms with van der Waals surface area (Å²) in [7, 11) is 0. The second-order valence-corrected chi connectivity index (χ2v) is 9.25. The average Bonchev–Trinajstić information content (AvgIpc) is 3.66. The first-order valence-corrected chi connectivity index (χ1v) is 13.0. The molecule has 1 fully saturated rings. The Labute approximate surface area is 199 Å². The quantitative estimate of drug-likeness (QED) is 0.141. The molecule has 1 aromatic heterocycles. The smallest absolute Gasteiger partial charge is 0.311 e. The van der Waals surface area contributed by atoms with Crippen molar-refractivity contribution >= 4 is 5.97 Å². The maximum Gasteiger partial charge on any atom is 0.311 e. The summed E-state index contributed by atoms with van der Waals surface area (Å²) in [5, 5.41) is 0. The molecule has 0 saturated heterocycles. The fourth-order valence-electron chi connectivity index (χ4n) is 3.93. The summed E-state index contributed by atoms with van der Waals surface area (Å²) in [6, 6.07) is 7.36. The van der Waals surface area contributed by atoms with Crippen LogP contribution in [0.5, 0.6) is 11.5 Å². The van der Waals surface area contributed by atoms with Gasteiger partial charge in [0.1, 0.15) is 5.75 Å². The lowest BCUT2D eigenvalue weighted by Crippen LogP contribution is -2.07. The Balaban J connectivity index is 1.31. The van der Waals surface area contributed by atoms with Gasteiger partial charge in [0, 0.05) is 12.0 Å². The maximum absolute atomic E-state index is 12.1. The van der Waals surface area contributed by atoms with Gasteiger partial charge in [-0.05, 0) is 43.0 Å². The molecule has 0 aliphatic heterocycles. The Kier molecular flexibility index (Phi) is 11.2. The van der Waals surface area contributed by atoms with Gasteiger partial charge in [0.05, 0.1) is 19.0 Å². The Morgan fingerprint density at radius 3 is 2.24 bits per heavy atom. The highest BCUT2D eigenvalue weighted by Gasteiger charge is 2.19. The Bertz CT molecular complexity index is 801. The van der Waals surface area contributed by atoms with Crippen molar-refractivity contribution < 1.29 is 14.3 Å². The van der Waals surface area contributed by atoms with Gasteiger partial charge in [-0.25, -0.2) is 9.97 Å². The fraction of sp³-hybridized carbons (Fsp3) is 0.607. The van der Waals surface area contributed by atoms with E-state index in [0.717, 1.165) is 30.7 Å². The predicted molar refractivity (Wildman–Crippen MR) is 132 cm³/mol. The second kappa shape index (κ2) is 14.7. The zero-order valence-electron chi connectivity index (χ0n) is 20.3. The number of rotatable bonds is 17. The number of carbonyl (C=O) groups excluding carboxylic acids is 1. The molecule has 1 aliphatic rings. The van der Waals surface area contributed by atoms with Gasteiger partial charge >= 0.3 is 5.97 Å². The van der Waals surface area contributed by atoms with E-state index < -0.39 is 0 Å². The molecule has 0 bridgehead atoms. The van der Waals surface area contributed by atoms with Gasteiger partial charge in [0.25, 0.3) is 0 Å². The standard InChI is InChI=1S/C28H40N2O3/c1-2-3-4-5-8-11-20-32-26-21-29-28(30-22-26)24-16-18-25(19-17-24)33-27(31)13-10-7-6-9-12-23-14-15-23/h16-19,21-23H,2-15,20H2,1H3. The van der Waals surface area contributed by atoms with Gasteiger partial charge in [0.15, 0.2) is 11.6 Å². The van der Waals surface area contributed by atoms with Crippen molar-refractivity contribution in [2.45, 2.75) is 96.8 Å². The summed E-state index contributed by atoms with van der Waals surface area (Å²) in [5.74, 6) is 2.74. The first-order chi connectivity index (χ1) is 16.2. The van der Waals surface area contributed by atoms with Crippen molar-refractivity contribution in [3.63, 3.8) is 0 Å². The van der Waals surface area contributed by atoms with Gasteiger partial charge in [-0.1, -0.05) is 77.6 Å². The largest absolute Gasteiger partial charge is 0.490 e. The molecule has 0 unspecified atom stereocenters. The van der Waals surface area contributed by atoms with Crippen LogP contribution in [0.2, 0.25) is 0 Å². The summed E-state index contributed by atoms with van der Waals surface area (Å²) >= 11 is 0. The van der Waals surface area contributed by atoms with Crippen LogP contribution in [0, 0.1) is 5.92 Å². The third kappa shape index (κ3) is 10.4. The van der Waals surface area contributed by atoms with E-state index in [1.54, 1.807) is 24.5 Å². The first-order valence-electron chi connectivity index (χ1n) is 13.0. The highest BCUT2D eigenvalue weighted by molar-refractivity contribution is 5.72. The minimum absolute atomic E-state index is 0.159. The minimum atomic E-state index is -0.159. The van der Waals surface area contributed by atoms with Crippen molar-refractivity contribution in [3.05, 3.63) is 36.7 Å². The zero-order valence-corrected chi connectivity index (χ0v) is 20.3. The maximum atomic E-state index is 12.1. The predicted octanol–water partition coefficient (Wildman–Crippen LogP) is 7.54. The fourth-order valence-corrected chi connectivity index (χ4v) is 3.93. The van der Waals surface area contributed by atoms with E-state index in [1.807, 2.05) is 12.1 Å². The SMILES string of the molecule is CCCCCCCCOc1cnc(-c2ccc(OC(=O)CCCCCCC3CC3)cc2)nc1. The van der Waals surface area contributed by atoms with Crippen LogP contribution in [0.25, 0.3) is 11.4 Å². The molecule has 180 valence electrons. The zero-order chi connectivity index (χ0) is 23.1. The van der Waals surface area contributed by atoms with Crippen molar-refractivity contribution in [2.75, 3.05) is 6.61 Å². The first kappa shape index (κ1) is 25.2. The number of carbonyl (C=O) groups is 1. The number of hydrogen-bond acceptors (Lipinski definition) is 5. The van der Waals surface area contributed by atoms with Crippen LogP contribution in [0.3, 0.4) is 0 Å². The third-order valence-electron chi connectivity index (χ3n) is 6.18. The summed E-state index contributed by atoms with van der Waals surface area (Å²) in [4.78, 5) is 20.9. The Hall–Kier alpha value is -2.43. The number of hydrogen-bond donors (Lipinski definition) is 0. The molecule has 1 aromatic carbocycles. The number of nitrogens with zero attached hydrogens (tertiary/aromatic N) is 2. The van der Waals surface area contributed by atoms with Crippen LogP contribution in [-0.2, 0) is 4.79 Å². The van der Waals surface area contributed by atoms with Crippen molar-refractivity contribution in [2.24, 2.45) is 5.92 Å².